The van der Waals surface area contributed by atoms with Crippen molar-refractivity contribution in [2.75, 3.05) is 46.8 Å². The fourth-order valence-electron chi connectivity index (χ4n) is 5.15. The fourth-order valence-corrected chi connectivity index (χ4v) is 5.15. The first kappa shape index (κ1) is 23.1. The van der Waals surface area contributed by atoms with Gasteiger partial charge in [-0.05, 0) is 91.7 Å². The summed E-state index contributed by atoms with van der Waals surface area (Å²) in [6, 6.07) is 0.293. The number of aliphatic imine (C=N–C) groups is 1. The maximum Gasteiger partial charge on any atom is 0.191 e. The van der Waals surface area contributed by atoms with Gasteiger partial charge in [-0.2, -0.15) is 5.10 Å². The van der Waals surface area contributed by atoms with Crippen molar-refractivity contribution in [1.29, 1.82) is 0 Å². The average Bonchev–Trinajstić information content (AvgIpc) is 2.99. The van der Waals surface area contributed by atoms with Gasteiger partial charge in [0, 0.05) is 37.9 Å². The summed E-state index contributed by atoms with van der Waals surface area (Å²) in [7, 11) is 6.15. The Balaban J connectivity index is 1.60. The summed E-state index contributed by atoms with van der Waals surface area (Å²) in [5, 5.41) is 11.9. The van der Waals surface area contributed by atoms with Crippen molar-refractivity contribution in [3.63, 3.8) is 0 Å². The minimum atomic E-state index is 0.254. The Labute approximate surface area is 183 Å². The summed E-state index contributed by atoms with van der Waals surface area (Å²) in [6.07, 6.45) is 7.48. The van der Waals surface area contributed by atoms with Crippen LogP contribution >= 0.6 is 0 Å². The third kappa shape index (κ3) is 5.35. The second kappa shape index (κ2) is 10.1. The number of likely N-dealkylation sites (tertiary alicyclic amines) is 2. The molecular formula is C23H43N7. The lowest BCUT2D eigenvalue weighted by Gasteiger charge is -2.50. The lowest BCUT2D eigenvalue weighted by molar-refractivity contribution is 0.0173. The van der Waals surface area contributed by atoms with Gasteiger partial charge in [-0.1, -0.05) is 6.42 Å². The standard InChI is InChI=1S/C23H43N7/c1-18(16-21-19(2)27-29(6)20(21)3)26-22(24-4)25-17-23(10-14-28(5)15-11-23)30-12-8-7-9-13-30/h18H,7-17H2,1-6H3,(H2,24,25,26). The topological polar surface area (TPSA) is 60.7 Å². The van der Waals surface area contributed by atoms with Crippen LogP contribution in [0.4, 0.5) is 0 Å². The zero-order valence-corrected chi connectivity index (χ0v) is 20.1. The summed E-state index contributed by atoms with van der Waals surface area (Å²) in [4.78, 5) is 9.78. The third-order valence-corrected chi connectivity index (χ3v) is 7.31. The molecule has 0 spiro atoms. The van der Waals surface area contributed by atoms with Gasteiger partial charge in [0.25, 0.3) is 0 Å². The van der Waals surface area contributed by atoms with Gasteiger partial charge in [0.1, 0.15) is 0 Å². The molecule has 2 aliphatic rings. The Morgan fingerprint density at radius 3 is 2.33 bits per heavy atom. The molecule has 1 unspecified atom stereocenters. The summed E-state index contributed by atoms with van der Waals surface area (Å²) in [5.41, 5.74) is 3.97. The SMILES string of the molecule is CN=C(NCC1(N2CCCCC2)CCN(C)CC1)NC(C)Cc1c(C)nn(C)c1C. The monoisotopic (exact) mass is 417 g/mol. The van der Waals surface area contributed by atoms with Crippen LogP contribution in [0.25, 0.3) is 0 Å². The molecule has 2 aliphatic heterocycles. The maximum absolute atomic E-state index is 4.56. The largest absolute Gasteiger partial charge is 0.355 e. The molecule has 7 nitrogen and oxygen atoms in total. The van der Waals surface area contributed by atoms with Gasteiger partial charge in [-0.25, -0.2) is 0 Å². The van der Waals surface area contributed by atoms with E-state index in [-0.39, 0.29) is 5.54 Å². The number of hydrogen-bond donors (Lipinski definition) is 2. The molecule has 0 bridgehead atoms. The fraction of sp³-hybridized carbons (Fsp3) is 0.826. The first-order valence-electron chi connectivity index (χ1n) is 11.7. The molecule has 3 rings (SSSR count). The van der Waals surface area contributed by atoms with E-state index in [1.54, 1.807) is 0 Å². The molecule has 0 radical (unpaired) electrons. The van der Waals surface area contributed by atoms with Crippen LogP contribution in [0.2, 0.25) is 0 Å². The van der Waals surface area contributed by atoms with E-state index < -0.39 is 0 Å². The Morgan fingerprint density at radius 2 is 1.77 bits per heavy atom. The highest BCUT2D eigenvalue weighted by Gasteiger charge is 2.39. The van der Waals surface area contributed by atoms with E-state index >= 15 is 0 Å². The zero-order chi connectivity index (χ0) is 21.7. The molecule has 7 heteroatoms. The number of piperidine rings is 2. The van der Waals surface area contributed by atoms with Crippen molar-refractivity contribution >= 4 is 5.96 Å². The maximum atomic E-state index is 4.56. The lowest BCUT2D eigenvalue weighted by Crippen LogP contribution is -2.62. The summed E-state index contributed by atoms with van der Waals surface area (Å²) in [6.45, 7) is 12.3. The highest BCUT2D eigenvalue weighted by Crippen LogP contribution is 2.30. The van der Waals surface area contributed by atoms with Crippen LogP contribution in [0.15, 0.2) is 4.99 Å². The van der Waals surface area contributed by atoms with Crippen LogP contribution < -0.4 is 10.6 Å². The van der Waals surface area contributed by atoms with Gasteiger partial charge in [0.2, 0.25) is 0 Å². The van der Waals surface area contributed by atoms with Gasteiger partial charge >= 0.3 is 0 Å². The zero-order valence-electron chi connectivity index (χ0n) is 20.1. The van der Waals surface area contributed by atoms with Crippen LogP contribution in [0.5, 0.6) is 0 Å². The third-order valence-electron chi connectivity index (χ3n) is 7.31. The number of hydrogen-bond acceptors (Lipinski definition) is 4. The Hall–Kier alpha value is -1.60. The molecule has 1 aromatic rings. The van der Waals surface area contributed by atoms with Crippen molar-refractivity contribution in [2.45, 2.75) is 70.9 Å². The van der Waals surface area contributed by atoms with E-state index in [1.165, 1.54) is 69.5 Å². The van der Waals surface area contributed by atoms with E-state index in [9.17, 15) is 0 Å². The molecule has 0 amide bonds. The van der Waals surface area contributed by atoms with Crippen LogP contribution in [-0.2, 0) is 13.5 Å². The number of aromatic nitrogens is 2. The van der Waals surface area contributed by atoms with Crippen molar-refractivity contribution in [2.24, 2.45) is 12.0 Å². The van der Waals surface area contributed by atoms with Gasteiger partial charge in [0.15, 0.2) is 5.96 Å². The van der Waals surface area contributed by atoms with Gasteiger partial charge in [0.05, 0.1) is 5.69 Å². The van der Waals surface area contributed by atoms with Gasteiger partial charge < -0.3 is 15.5 Å². The Bertz CT molecular complexity index is 709. The van der Waals surface area contributed by atoms with E-state index in [0.717, 1.165) is 24.6 Å². The minimum Gasteiger partial charge on any atom is -0.355 e. The van der Waals surface area contributed by atoms with Crippen molar-refractivity contribution in [1.82, 2.24) is 30.2 Å². The van der Waals surface area contributed by atoms with E-state index in [4.69, 9.17) is 0 Å². The average molecular weight is 418 g/mol. The smallest absolute Gasteiger partial charge is 0.191 e. The first-order chi connectivity index (χ1) is 14.3. The number of nitrogens with zero attached hydrogens (tertiary/aromatic N) is 5. The molecule has 1 aromatic heterocycles. The number of rotatable bonds is 6. The van der Waals surface area contributed by atoms with E-state index in [0.29, 0.717) is 6.04 Å². The molecule has 170 valence electrons. The van der Waals surface area contributed by atoms with Gasteiger partial charge in [-0.3, -0.25) is 14.6 Å². The first-order valence-corrected chi connectivity index (χ1v) is 11.7. The molecule has 2 N–H and O–H groups in total. The predicted molar refractivity (Wildman–Crippen MR) is 125 cm³/mol. The van der Waals surface area contributed by atoms with E-state index in [1.807, 2.05) is 18.8 Å². The second-order valence-corrected chi connectivity index (χ2v) is 9.52. The highest BCUT2D eigenvalue weighted by molar-refractivity contribution is 5.80. The van der Waals surface area contributed by atoms with E-state index in [2.05, 4.69) is 58.3 Å². The minimum absolute atomic E-state index is 0.254. The van der Waals surface area contributed by atoms with Crippen LogP contribution in [0.1, 0.15) is 56.0 Å². The summed E-state index contributed by atoms with van der Waals surface area (Å²) in [5.74, 6) is 0.914. The molecule has 0 aliphatic carbocycles. The quantitative estimate of drug-likeness (QED) is 0.548. The van der Waals surface area contributed by atoms with Crippen LogP contribution in [-0.4, -0.2) is 83.9 Å². The van der Waals surface area contributed by atoms with Crippen LogP contribution in [0.3, 0.4) is 0 Å². The van der Waals surface area contributed by atoms with Crippen molar-refractivity contribution < 1.29 is 0 Å². The normalized spacial score (nSPS) is 22.1. The highest BCUT2D eigenvalue weighted by atomic mass is 15.3. The molecule has 2 fully saturated rings. The molecule has 30 heavy (non-hydrogen) atoms. The predicted octanol–water partition coefficient (Wildman–Crippen LogP) is 2.08. The Kier molecular flexibility index (Phi) is 7.80. The van der Waals surface area contributed by atoms with Crippen molar-refractivity contribution in [3.05, 3.63) is 17.0 Å². The molecule has 3 heterocycles. The molecule has 0 saturated carbocycles. The number of nitrogens with one attached hydrogen (secondary N) is 2. The molecule has 1 atom stereocenters. The number of guanidine groups is 1. The lowest BCUT2D eigenvalue weighted by atomic mass is 9.84. The summed E-state index contributed by atoms with van der Waals surface area (Å²) < 4.78 is 1.98. The number of aryl methyl sites for hydroxylation is 2. The van der Waals surface area contributed by atoms with Crippen molar-refractivity contribution in [3.8, 4) is 0 Å². The second-order valence-electron chi connectivity index (χ2n) is 9.52. The Morgan fingerprint density at radius 1 is 1.10 bits per heavy atom. The van der Waals surface area contributed by atoms with Crippen LogP contribution in [0, 0.1) is 13.8 Å². The molecule has 2 saturated heterocycles. The molecular weight excluding hydrogens is 374 g/mol. The summed E-state index contributed by atoms with van der Waals surface area (Å²) >= 11 is 0. The van der Waals surface area contributed by atoms with Gasteiger partial charge in [-0.15, -0.1) is 0 Å². The molecule has 0 aromatic carbocycles.